The van der Waals surface area contributed by atoms with Gasteiger partial charge >= 0.3 is 5.97 Å². The number of carbonyl (C=O) groups is 1. The zero-order chi connectivity index (χ0) is 14.9. The molecule has 0 unspecified atom stereocenters. The summed E-state index contributed by atoms with van der Waals surface area (Å²) in [5.74, 6) is -1.58. The Morgan fingerprint density at radius 1 is 1.20 bits per heavy atom. The summed E-state index contributed by atoms with van der Waals surface area (Å²) in [6, 6.07) is 7.78. The van der Waals surface area contributed by atoms with Gasteiger partial charge in [0.15, 0.2) is 0 Å². The van der Waals surface area contributed by atoms with Crippen LogP contribution in [-0.2, 0) is 0 Å². The number of nitrogens with one attached hydrogen (secondary N) is 1. The van der Waals surface area contributed by atoms with Crippen molar-refractivity contribution < 1.29 is 15.0 Å². The zero-order valence-electron chi connectivity index (χ0n) is 10.4. The summed E-state index contributed by atoms with van der Waals surface area (Å²) in [6.07, 6.45) is 0. The smallest absolute Gasteiger partial charge is 0.341 e. The highest BCUT2D eigenvalue weighted by Gasteiger charge is 2.17. The number of aryl methyl sites for hydroxylation is 1. The van der Waals surface area contributed by atoms with Gasteiger partial charge in [0.2, 0.25) is 0 Å². The van der Waals surface area contributed by atoms with Gasteiger partial charge in [-0.1, -0.05) is 35.3 Å². The lowest BCUT2D eigenvalue weighted by molar-refractivity contribution is 0.0695. The molecule has 0 fully saturated rings. The van der Waals surface area contributed by atoms with Crippen molar-refractivity contribution in [2.45, 2.75) is 6.92 Å². The van der Waals surface area contributed by atoms with Crippen molar-refractivity contribution in [3.63, 3.8) is 0 Å². The molecule has 0 amide bonds. The molecule has 4 nitrogen and oxygen atoms in total. The predicted octanol–water partition coefficient (Wildman–Crippen LogP) is 4.45. The zero-order valence-corrected chi connectivity index (χ0v) is 12.0. The normalized spacial score (nSPS) is 10.3. The third kappa shape index (κ3) is 2.66. The monoisotopic (exact) mass is 311 g/mol. The van der Waals surface area contributed by atoms with Crippen LogP contribution < -0.4 is 5.32 Å². The lowest BCUT2D eigenvalue weighted by atomic mass is 10.1. The van der Waals surface area contributed by atoms with E-state index in [0.717, 1.165) is 5.56 Å². The van der Waals surface area contributed by atoms with Crippen molar-refractivity contribution in [2.24, 2.45) is 0 Å². The van der Waals surface area contributed by atoms with Gasteiger partial charge in [-0.2, -0.15) is 0 Å². The molecule has 0 radical (unpaired) electrons. The Morgan fingerprint density at radius 3 is 2.55 bits per heavy atom. The van der Waals surface area contributed by atoms with Crippen LogP contribution in [0.3, 0.4) is 0 Å². The number of aromatic hydroxyl groups is 1. The first-order chi connectivity index (χ1) is 9.41. The lowest BCUT2D eigenvalue weighted by Crippen LogP contribution is -2.04. The number of hydrogen-bond donors (Lipinski definition) is 3. The summed E-state index contributed by atoms with van der Waals surface area (Å²) in [4.78, 5) is 11.2. The summed E-state index contributed by atoms with van der Waals surface area (Å²) >= 11 is 12.2. The molecule has 104 valence electrons. The van der Waals surface area contributed by atoms with E-state index in [2.05, 4.69) is 5.32 Å². The van der Waals surface area contributed by atoms with E-state index in [0.29, 0.717) is 15.7 Å². The molecule has 0 spiro atoms. The van der Waals surface area contributed by atoms with Crippen LogP contribution in [0.5, 0.6) is 5.75 Å². The Bertz CT molecular complexity index is 686. The third-order valence-corrected chi connectivity index (χ3v) is 3.60. The Balaban J connectivity index is 2.54. The van der Waals surface area contributed by atoms with Gasteiger partial charge in [0.1, 0.15) is 11.3 Å². The number of hydrogen-bond acceptors (Lipinski definition) is 3. The van der Waals surface area contributed by atoms with Crippen LogP contribution >= 0.6 is 23.2 Å². The molecule has 3 N–H and O–H groups in total. The van der Waals surface area contributed by atoms with E-state index >= 15 is 0 Å². The highest BCUT2D eigenvalue weighted by molar-refractivity contribution is 6.39. The first-order valence-corrected chi connectivity index (χ1v) is 6.44. The van der Waals surface area contributed by atoms with Crippen molar-refractivity contribution >= 4 is 40.5 Å². The van der Waals surface area contributed by atoms with E-state index in [1.54, 1.807) is 12.1 Å². The fraction of sp³-hybridized carbons (Fsp3) is 0.0714. The lowest BCUT2D eigenvalue weighted by Gasteiger charge is -2.14. The molecular weight excluding hydrogens is 301 g/mol. The molecule has 0 heterocycles. The highest BCUT2D eigenvalue weighted by atomic mass is 35.5. The number of benzene rings is 2. The number of carboxylic acids is 1. The number of phenols is 1. The average Bonchev–Trinajstić information content (AvgIpc) is 2.39. The quantitative estimate of drug-likeness (QED) is 0.783. The Kier molecular flexibility index (Phi) is 4.06. The maximum absolute atomic E-state index is 11.2. The van der Waals surface area contributed by atoms with Crippen LogP contribution in [0.1, 0.15) is 15.9 Å². The van der Waals surface area contributed by atoms with E-state index < -0.39 is 5.97 Å². The number of halogens is 2. The van der Waals surface area contributed by atoms with Crippen LogP contribution in [0, 0.1) is 6.92 Å². The summed E-state index contributed by atoms with van der Waals surface area (Å²) in [5.41, 5.74) is 1.19. The second-order valence-electron chi connectivity index (χ2n) is 4.18. The highest BCUT2D eigenvalue weighted by Crippen LogP contribution is 2.37. The summed E-state index contributed by atoms with van der Waals surface area (Å²) in [5, 5.41) is 22.4. The second-order valence-corrected chi connectivity index (χ2v) is 4.97. The van der Waals surface area contributed by atoms with Gasteiger partial charge in [-0.25, -0.2) is 4.79 Å². The van der Waals surface area contributed by atoms with E-state index in [9.17, 15) is 9.90 Å². The molecule has 0 aliphatic heterocycles. The Labute approximate surface area is 125 Å². The fourth-order valence-electron chi connectivity index (χ4n) is 1.77. The van der Waals surface area contributed by atoms with Gasteiger partial charge in [0.05, 0.1) is 21.4 Å². The number of anilines is 2. The summed E-state index contributed by atoms with van der Waals surface area (Å²) in [6.45, 7) is 1.81. The number of aromatic carboxylic acids is 1. The topological polar surface area (TPSA) is 69.6 Å². The minimum absolute atomic E-state index is 0.215. The first kappa shape index (κ1) is 14.5. The molecule has 0 bridgehead atoms. The van der Waals surface area contributed by atoms with Gasteiger partial charge in [-0.05, 0) is 30.7 Å². The van der Waals surface area contributed by atoms with Gasteiger partial charge in [0, 0.05) is 0 Å². The molecule has 0 aliphatic rings. The van der Waals surface area contributed by atoms with Gasteiger partial charge in [0.25, 0.3) is 0 Å². The van der Waals surface area contributed by atoms with Crippen LogP contribution in [0.25, 0.3) is 0 Å². The standard InChI is InChI=1S/C14H11Cl2NO3/c1-7-5-6-8(15)13(12(7)16)17-9-3-2-4-10(18)11(9)14(19)20/h2-6,17-18H,1H3,(H,19,20). The van der Waals surface area contributed by atoms with E-state index in [1.807, 2.05) is 6.92 Å². The summed E-state index contributed by atoms with van der Waals surface area (Å²) in [7, 11) is 0. The molecule has 2 aromatic rings. The van der Waals surface area contributed by atoms with E-state index in [1.165, 1.54) is 18.2 Å². The van der Waals surface area contributed by atoms with Crippen molar-refractivity contribution in [2.75, 3.05) is 5.32 Å². The molecule has 20 heavy (non-hydrogen) atoms. The van der Waals surface area contributed by atoms with Gasteiger partial charge in [-0.15, -0.1) is 0 Å². The molecule has 0 saturated carbocycles. The first-order valence-electron chi connectivity index (χ1n) is 5.68. The van der Waals surface area contributed by atoms with E-state index in [4.69, 9.17) is 28.3 Å². The predicted molar refractivity (Wildman–Crippen MR) is 79.5 cm³/mol. The van der Waals surface area contributed by atoms with Crippen LogP contribution in [0.15, 0.2) is 30.3 Å². The maximum Gasteiger partial charge on any atom is 0.341 e. The van der Waals surface area contributed by atoms with Gasteiger partial charge in [-0.3, -0.25) is 0 Å². The molecule has 2 rings (SSSR count). The average molecular weight is 312 g/mol. The molecular formula is C14H11Cl2NO3. The molecule has 2 aromatic carbocycles. The minimum Gasteiger partial charge on any atom is -0.507 e. The van der Waals surface area contributed by atoms with Crippen molar-refractivity contribution in [3.05, 3.63) is 51.5 Å². The molecule has 0 saturated heterocycles. The molecule has 0 aliphatic carbocycles. The van der Waals surface area contributed by atoms with Crippen molar-refractivity contribution in [1.82, 2.24) is 0 Å². The Hall–Kier alpha value is -1.91. The second kappa shape index (κ2) is 5.61. The van der Waals surface area contributed by atoms with Crippen LogP contribution in [0.2, 0.25) is 10.0 Å². The summed E-state index contributed by atoms with van der Waals surface area (Å²) < 4.78 is 0. The fourth-order valence-corrected chi connectivity index (χ4v) is 2.24. The minimum atomic E-state index is -1.24. The largest absolute Gasteiger partial charge is 0.507 e. The van der Waals surface area contributed by atoms with Gasteiger partial charge < -0.3 is 15.5 Å². The number of carboxylic acid groups (broad SMARTS) is 1. The van der Waals surface area contributed by atoms with E-state index in [-0.39, 0.29) is 17.0 Å². The number of rotatable bonds is 3. The van der Waals surface area contributed by atoms with Crippen molar-refractivity contribution in [3.8, 4) is 5.75 Å². The third-order valence-electron chi connectivity index (χ3n) is 2.80. The Morgan fingerprint density at radius 2 is 1.90 bits per heavy atom. The SMILES string of the molecule is Cc1ccc(Cl)c(Nc2cccc(O)c2C(=O)O)c1Cl. The molecule has 0 aromatic heterocycles. The molecule has 6 heteroatoms. The van der Waals surface area contributed by atoms with Crippen LogP contribution in [-0.4, -0.2) is 16.2 Å². The molecule has 0 atom stereocenters. The van der Waals surface area contributed by atoms with Crippen LogP contribution in [0.4, 0.5) is 11.4 Å². The maximum atomic E-state index is 11.2. The van der Waals surface area contributed by atoms with Crippen molar-refractivity contribution in [1.29, 1.82) is 0 Å².